The molecule has 0 bridgehead atoms. The Kier molecular flexibility index (Phi) is 6.89. The Morgan fingerprint density at radius 3 is 2.33 bits per heavy atom. The fraction of sp³-hybridized carbons (Fsp3) is 0.350. The average molecular weight is 409 g/mol. The standard InChI is InChI=1S/C20H25ClN2O3S/c1-5-19(16-11-9-14(2)10-12-16)22-20(24)15(3)23(27(4,25)26)18-8-6-7-17(21)13-18/h6-13,15,19H,5H2,1-4H3,(H,22,24)/t15-,19-/m0/s1. The Morgan fingerprint density at radius 2 is 1.81 bits per heavy atom. The summed E-state index contributed by atoms with van der Waals surface area (Å²) < 4.78 is 25.8. The van der Waals surface area contributed by atoms with Crippen molar-refractivity contribution in [2.45, 2.75) is 39.3 Å². The number of hydrogen-bond acceptors (Lipinski definition) is 3. The van der Waals surface area contributed by atoms with Crippen LogP contribution in [0.3, 0.4) is 0 Å². The maximum absolute atomic E-state index is 12.8. The molecule has 0 aliphatic rings. The molecule has 2 aromatic rings. The lowest BCUT2D eigenvalue weighted by Gasteiger charge is -2.30. The Hall–Kier alpha value is -2.05. The fourth-order valence-corrected chi connectivity index (χ4v) is 4.29. The molecule has 1 N–H and O–H groups in total. The van der Waals surface area contributed by atoms with Crippen LogP contribution in [0, 0.1) is 6.92 Å². The molecule has 146 valence electrons. The number of amides is 1. The van der Waals surface area contributed by atoms with Crippen LogP contribution in [0.4, 0.5) is 5.69 Å². The second-order valence-electron chi connectivity index (χ2n) is 6.59. The van der Waals surface area contributed by atoms with Gasteiger partial charge in [0.15, 0.2) is 0 Å². The quantitative estimate of drug-likeness (QED) is 0.750. The first kappa shape index (κ1) is 21.3. The van der Waals surface area contributed by atoms with Crippen LogP contribution >= 0.6 is 11.6 Å². The summed E-state index contributed by atoms with van der Waals surface area (Å²) in [7, 11) is -3.68. The molecule has 0 saturated heterocycles. The van der Waals surface area contributed by atoms with E-state index in [1.807, 2.05) is 38.1 Å². The molecule has 0 aliphatic heterocycles. The van der Waals surface area contributed by atoms with Gasteiger partial charge in [0.2, 0.25) is 15.9 Å². The molecule has 2 atom stereocenters. The summed E-state index contributed by atoms with van der Waals surface area (Å²) in [4.78, 5) is 12.8. The zero-order valence-corrected chi connectivity index (χ0v) is 17.5. The number of nitrogens with one attached hydrogen (secondary N) is 1. The predicted octanol–water partition coefficient (Wildman–Crippen LogP) is 4.07. The summed E-state index contributed by atoms with van der Waals surface area (Å²) in [5, 5.41) is 3.36. The number of aryl methyl sites for hydroxylation is 1. The third-order valence-electron chi connectivity index (χ3n) is 4.36. The molecule has 0 saturated carbocycles. The van der Waals surface area contributed by atoms with Crippen molar-refractivity contribution >= 4 is 33.2 Å². The lowest BCUT2D eigenvalue weighted by Crippen LogP contribution is -2.48. The van der Waals surface area contributed by atoms with Crippen molar-refractivity contribution in [3.05, 3.63) is 64.7 Å². The predicted molar refractivity (Wildman–Crippen MR) is 111 cm³/mol. The molecule has 27 heavy (non-hydrogen) atoms. The lowest BCUT2D eigenvalue weighted by molar-refractivity contribution is -0.122. The third kappa shape index (κ3) is 5.47. The van der Waals surface area contributed by atoms with Gasteiger partial charge in [0.25, 0.3) is 0 Å². The van der Waals surface area contributed by atoms with Crippen molar-refractivity contribution in [3.63, 3.8) is 0 Å². The monoisotopic (exact) mass is 408 g/mol. The molecule has 2 aromatic carbocycles. The maximum Gasteiger partial charge on any atom is 0.244 e. The minimum Gasteiger partial charge on any atom is -0.347 e. The van der Waals surface area contributed by atoms with Crippen molar-refractivity contribution in [2.75, 3.05) is 10.6 Å². The summed E-state index contributed by atoms with van der Waals surface area (Å²) in [6.45, 7) is 5.54. The molecule has 1 amide bonds. The second-order valence-corrected chi connectivity index (χ2v) is 8.89. The second kappa shape index (κ2) is 8.76. The van der Waals surface area contributed by atoms with Gasteiger partial charge in [-0.25, -0.2) is 8.42 Å². The SMILES string of the molecule is CC[C@H](NC(=O)[C@H](C)N(c1cccc(Cl)c1)S(C)(=O)=O)c1ccc(C)cc1. The molecule has 0 heterocycles. The van der Waals surface area contributed by atoms with Crippen LogP contribution in [0.15, 0.2) is 48.5 Å². The average Bonchev–Trinajstić information content (AvgIpc) is 2.59. The van der Waals surface area contributed by atoms with Crippen molar-refractivity contribution in [1.82, 2.24) is 5.32 Å². The number of carbonyl (C=O) groups excluding carboxylic acids is 1. The van der Waals surface area contributed by atoms with E-state index in [0.717, 1.165) is 21.7 Å². The summed E-state index contributed by atoms with van der Waals surface area (Å²) in [6, 6.07) is 13.3. The van der Waals surface area contributed by atoms with E-state index in [-0.39, 0.29) is 11.9 Å². The Bertz CT molecular complexity index is 898. The first-order chi connectivity index (χ1) is 12.6. The Balaban J connectivity index is 2.27. The normalized spacial score (nSPS) is 13.7. The van der Waals surface area contributed by atoms with Crippen LogP contribution in [0.2, 0.25) is 5.02 Å². The summed E-state index contributed by atoms with van der Waals surface area (Å²) >= 11 is 6.00. The minimum atomic E-state index is -3.68. The van der Waals surface area contributed by atoms with Gasteiger partial charge >= 0.3 is 0 Å². The highest BCUT2D eigenvalue weighted by Crippen LogP contribution is 2.25. The zero-order valence-electron chi connectivity index (χ0n) is 15.9. The number of rotatable bonds is 7. The molecule has 5 nitrogen and oxygen atoms in total. The highest BCUT2D eigenvalue weighted by Gasteiger charge is 2.30. The number of anilines is 1. The molecule has 2 rings (SSSR count). The molecule has 0 fully saturated rings. The van der Waals surface area contributed by atoms with Crippen molar-refractivity contribution in [3.8, 4) is 0 Å². The van der Waals surface area contributed by atoms with Gasteiger partial charge in [-0.1, -0.05) is 54.4 Å². The van der Waals surface area contributed by atoms with Crippen LogP contribution in [-0.2, 0) is 14.8 Å². The lowest BCUT2D eigenvalue weighted by atomic mass is 10.0. The van der Waals surface area contributed by atoms with Gasteiger partial charge in [0, 0.05) is 5.02 Å². The molecule has 7 heteroatoms. The van der Waals surface area contributed by atoms with E-state index in [1.54, 1.807) is 25.1 Å². The molecular weight excluding hydrogens is 384 g/mol. The van der Waals surface area contributed by atoms with E-state index < -0.39 is 16.1 Å². The first-order valence-electron chi connectivity index (χ1n) is 8.75. The van der Waals surface area contributed by atoms with Crippen LogP contribution in [0.5, 0.6) is 0 Å². The number of carbonyl (C=O) groups is 1. The largest absolute Gasteiger partial charge is 0.347 e. The fourth-order valence-electron chi connectivity index (χ4n) is 2.93. The summed E-state index contributed by atoms with van der Waals surface area (Å²) in [5.41, 5.74) is 2.48. The van der Waals surface area contributed by atoms with Crippen LogP contribution < -0.4 is 9.62 Å². The van der Waals surface area contributed by atoms with Crippen LogP contribution in [0.25, 0.3) is 0 Å². The molecule has 0 radical (unpaired) electrons. The van der Waals surface area contributed by atoms with E-state index in [1.165, 1.54) is 6.07 Å². The van der Waals surface area contributed by atoms with E-state index in [4.69, 9.17) is 11.6 Å². The first-order valence-corrected chi connectivity index (χ1v) is 11.0. The highest BCUT2D eigenvalue weighted by molar-refractivity contribution is 7.92. The van der Waals surface area contributed by atoms with Gasteiger partial charge in [0.05, 0.1) is 18.0 Å². The highest BCUT2D eigenvalue weighted by atomic mass is 35.5. The smallest absolute Gasteiger partial charge is 0.244 e. The zero-order chi connectivity index (χ0) is 20.2. The van der Waals surface area contributed by atoms with Crippen molar-refractivity contribution < 1.29 is 13.2 Å². The van der Waals surface area contributed by atoms with Gasteiger partial charge in [-0.05, 0) is 44.0 Å². The van der Waals surface area contributed by atoms with Crippen molar-refractivity contribution in [1.29, 1.82) is 0 Å². The summed E-state index contributed by atoms with van der Waals surface area (Å²) in [5.74, 6) is -0.368. The number of nitrogens with zero attached hydrogens (tertiary/aromatic N) is 1. The topological polar surface area (TPSA) is 66.5 Å². The molecule has 0 aliphatic carbocycles. The minimum absolute atomic E-state index is 0.193. The molecular formula is C20H25ClN2O3S. The van der Waals surface area contributed by atoms with Gasteiger partial charge in [-0.2, -0.15) is 0 Å². The van der Waals surface area contributed by atoms with E-state index >= 15 is 0 Å². The molecule has 0 unspecified atom stereocenters. The van der Waals surface area contributed by atoms with Gasteiger partial charge < -0.3 is 5.32 Å². The maximum atomic E-state index is 12.8. The summed E-state index contributed by atoms with van der Waals surface area (Å²) in [6.07, 6.45) is 1.77. The van der Waals surface area contributed by atoms with Crippen LogP contribution in [0.1, 0.15) is 37.4 Å². The Labute approximate surface area is 166 Å². The molecule has 0 spiro atoms. The van der Waals surface area contributed by atoms with Gasteiger partial charge in [-0.3, -0.25) is 9.10 Å². The number of benzene rings is 2. The van der Waals surface area contributed by atoms with Crippen LogP contribution in [-0.4, -0.2) is 26.6 Å². The number of hydrogen-bond donors (Lipinski definition) is 1. The van der Waals surface area contributed by atoms with E-state index in [9.17, 15) is 13.2 Å². The molecule has 0 aromatic heterocycles. The third-order valence-corrected chi connectivity index (χ3v) is 5.83. The number of halogens is 1. The van der Waals surface area contributed by atoms with Gasteiger partial charge in [-0.15, -0.1) is 0 Å². The van der Waals surface area contributed by atoms with E-state index in [0.29, 0.717) is 17.1 Å². The van der Waals surface area contributed by atoms with Gasteiger partial charge in [0.1, 0.15) is 6.04 Å². The van der Waals surface area contributed by atoms with Crippen molar-refractivity contribution in [2.24, 2.45) is 0 Å². The van der Waals surface area contributed by atoms with E-state index in [2.05, 4.69) is 5.32 Å². The Morgan fingerprint density at radius 1 is 1.19 bits per heavy atom. The number of sulfonamides is 1.